The van der Waals surface area contributed by atoms with Crippen LogP contribution in [0.4, 0.5) is 0 Å². The molecular weight excluding hydrogens is 230 g/mol. The van der Waals surface area contributed by atoms with Gasteiger partial charge in [0, 0.05) is 0 Å². The van der Waals surface area contributed by atoms with E-state index in [1.807, 2.05) is 0 Å². The molecule has 0 amide bonds. The lowest BCUT2D eigenvalue weighted by Crippen LogP contribution is -2.28. The number of allylic oxidation sites excluding steroid dienone is 1. The predicted octanol–water partition coefficient (Wildman–Crippen LogP) is 3.00. The average molecular weight is 236 g/mol. The van der Waals surface area contributed by atoms with Gasteiger partial charge in [-0.2, -0.15) is 0 Å². The average Bonchev–Trinajstić information content (AvgIpc) is 1.95. The van der Waals surface area contributed by atoms with Crippen LogP contribution < -0.4 is 0 Å². The van der Waals surface area contributed by atoms with Crippen LogP contribution in [0.5, 0.6) is 0 Å². The molecule has 5 heteroatoms. The Bertz CT molecular complexity index is 199. The standard InChI is InChI=1S/C6H6Cl4O/c7-3-1-2-6(10,11)5(9)4(3)8/h3,11H,1-2H2. The van der Waals surface area contributed by atoms with Gasteiger partial charge in [-0.15, -0.1) is 11.6 Å². The molecule has 1 nitrogen and oxygen atoms in total. The maximum atomic E-state index is 9.36. The lowest BCUT2D eigenvalue weighted by Gasteiger charge is -2.28. The van der Waals surface area contributed by atoms with Crippen LogP contribution in [-0.2, 0) is 0 Å². The molecule has 1 aliphatic carbocycles. The third kappa shape index (κ3) is 1.96. The zero-order valence-corrected chi connectivity index (χ0v) is 8.47. The van der Waals surface area contributed by atoms with Crippen LogP contribution >= 0.6 is 46.4 Å². The predicted molar refractivity (Wildman–Crippen MR) is 48.4 cm³/mol. The van der Waals surface area contributed by atoms with E-state index in [2.05, 4.69) is 0 Å². The minimum Gasteiger partial charge on any atom is -0.370 e. The molecule has 11 heavy (non-hydrogen) atoms. The Morgan fingerprint density at radius 2 is 2.00 bits per heavy atom. The molecule has 0 bridgehead atoms. The van der Waals surface area contributed by atoms with Crippen LogP contribution in [0.25, 0.3) is 0 Å². The summed E-state index contributed by atoms with van der Waals surface area (Å²) in [5.41, 5.74) is 0. The van der Waals surface area contributed by atoms with Crippen LogP contribution in [0.3, 0.4) is 0 Å². The fourth-order valence-corrected chi connectivity index (χ4v) is 1.90. The zero-order chi connectivity index (χ0) is 8.65. The number of aliphatic hydroxyl groups is 1. The topological polar surface area (TPSA) is 20.2 Å². The van der Waals surface area contributed by atoms with Crippen molar-refractivity contribution in [1.29, 1.82) is 0 Å². The SMILES string of the molecule is OC1(Cl)CCC(Cl)C(Cl)=C1Cl. The normalized spacial score (nSPS) is 39.5. The van der Waals surface area contributed by atoms with Gasteiger partial charge in [-0.1, -0.05) is 34.8 Å². The number of halogens is 4. The van der Waals surface area contributed by atoms with Crippen molar-refractivity contribution in [3.8, 4) is 0 Å². The van der Waals surface area contributed by atoms with Crippen molar-refractivity contribution in [2.75, 3.05) is 0 Å². The van der Waals surface area contributed by atoms with Gasteiger partial charge in [-0.05, 0) is 12.8 Å². The van der Waals surface area contributed by atoms with E-state index >= 15 is 0 Å². The fourth-order valence-electron chi connectivity index (χ4n) is 0.875. The van der Waals surface area contributed by atoms with Gasteiger partial charge in [0.2, 0.25) is 0 Å². The Morgan fingerprint density at radius 3 is 2.45 bits per heavy atom. The van der Waals surface area contributed by atoms with Crippen LogP contribution in [0.15, 0.2) is 10.1 Å². The van der Waals surface area contributed by atoms with Gasteiger partial charge < -0.3 is 5.11 Å². The highest BCUT2D eigenvalue weighted by molar-refractivity contribution is 6.47. The van der Waals surface area contributed by atoms with E-state index in [1.165, 1.54) is 0 Å². The van der Waals surface area contributed by atoms with Gasteiger partial charge in [0.05, 0.1) is 15.4 Å². The largest absolute Gasteiger partial charge is 0.370 e. The molecule has 0 aliphatic heterocycles. The molecule has 1 rings (SSSR count). The van der Waals surface area contributed by atoms with Gasteiger partial charge in [0.15, 0.2) is 5.06 Å². The van der Waals surface area contributed by atoms with Crippen molar-refractivity contribution in [1.82, 2.24) is 0 Å². The molecule has 0 saturated heterocycles. The Kier molecular flexibility index (Phi) is 2.99. The Hall–Kier alpha value is 0.860. The second kappa shape index (κ2) is 3.31. The summed E-state index contributed by atoms with van der Waals surface area (Å²) < 4.78 is 0. The molecule has 0 aromatic heterocycles. The highest BCUT2D eigenvalue weighted by Gasteiger charge is 2.36. The highest BCUT2D eigenvalue weighted by atomic mass is 35.5. The summed E-state index contributed by atoms with van der Waals surface area (Å²) in [6.07, 6.45) is 0.869. The third-order valence-electron chi connectivity index (χ3n) is 1.55. The minimum atomic E-state index is -1.51. The molecule has 0 radical (unpaired) electrons. The quantitative estimate of drug-likeness (QED) is 0.641. The summed E-state index contributed by atoms with van der Waals surface area (Å²) in [4.78, 5) is 0. The van der Waals surface area contributed by atoms with E-state index in [-0.39, 0.29) is 15.4 Å². The third-order valence-corrected chi connectivity index (χ3v) is 3.64. The van der Waals surface area contributed by atoms with Crippen LogP contribution in [-0.4, -0.2) is 15.5 Å². The smallest absolute Gasteiger partial charge is 0.176 e. The molecule has 1 N–H and O–H groups in total. The van der Waals surface area contributed by atoms with Crippen molar-refractivity contribution in [3.05, 3.63) is 10.1 Å². The van der Waals surface area contributed by atoms with Crippen LogP contribution in [0.2, 0.25) is 0 Å². The van der Waals surface area contributed by atoms with Gasteiger partial charge >= 0.3 is 0 Å². The first kappa shape index (κ1) is 9.94. The van der Waals surface area contributed by atoms with E-state index < -0.39 is 5.06 Å². The van der Waals surface area contributed by atoms with Gasteiger partial charge in [0.25, 0.3) is 0 Å². The molecule has 0 spiro atoms. The first-order valence-corrected chi connectivity index (χ1v) is 4.63. The highest BCUT2D eigenvalue weighted by Crippen LogP contribution is 2.42. The molecule has 1 aliphatic rings. The fraction of sp³-hybridized carbons (Fsp3) is 0.667. The monoisotopic (exact) mass is 234 g/mol. The molecular formula is C6H6Cl4O. The Labute approximate surface area is 84.9 Å². The summed E-state index contributed by atoms with van der Waals surface area (Å²) in [5.74, 6) is 0. The summed E-state index contributed by atoms with van der Waals surface area (Å²) >= 11 is 22.7. The van der Waals surface area contributed by atoms with E-state index in [0.29, 0.717) is 12.8 Å². The zero-order valence-electron chi connectivity index (χ0n) is 5.45. The van der Waals surface area contributed by atoms with Crippen LogP contribution in [0.1, 0.15) is 12.8 Å². The van der Waals surface area contributed by atoms with E-state index in [1.54, 1.807) is 0 Å². The van der Waals surface area contributed by atoms with Gasteiger partial charge in [0.1, 0.15) is 0 Å². The first-order chi connectivity index (χ1) is 4.95. The Morgan fingerprint density at radius 1 is 1.45 bits per heavy atom. The summed E-state index contributed by atoms with van der Waals surface area (Å²) in [6, 6.07) is 0. The number of hydrogen-bond donors (Lipinski definition) is 1. The molecule has 0 heterocycles. The molecule has 0 saturated carbocycles. The molecule has 2 atom stereocenters. The van der Waals surface area contributed by atoms with Crippen molar-refractivity contribution >= 4 is 46.4 Å². The summed E-state index contributed by atoms with van der Waals surface area (Å²) in [6.45, 7) is 0. The van der Waals surface area contributed by atoms with E-state index in [9.17, 15) is 5.11 Å². The summed E-state index contributed by atoms with van der Waals surface area (Å²) in [5, 5.41) is 7.83. The van der Waals surface area contributed by atoms with Crippen molar-refractivity contribution < 1.29 is 5.11 Å². The lowest BCUT2D eigenvalue weighted by molar-refractivity contribution is 0.155. The Balaban J connectivity index is 2.97. The number of alkyl halides is 2. The molecule has 64 valence electrons. The maximum Gasteiger partial charge on any atom is 0.176 e. The van der Waals surface area contributed by atoms with Crippen LogP contribution in [0, 0.1) is 0 Å². The maximum absolute atomic E-state index is 9.36. The van der Waals surface area contributed by atoms with Gasteiger partial charge in [-0.25, -0.2) is 0 Å². The molecule has 0 aromatic rings. The van der Waals surface area contributed by atoms with Crippen molar-refractivity contribution in [2.24, 2.45) is 0 Å². The van der Waals surface area contributed by atoms with Crippen molar-refractivity contribution in [2.45, 2.75) is 23.3 Å². The number of rotatable bonds is 0. The number of hydrogen-bond acceptors (Lipinski definition) is 1. The summed E-state index contributed by atoms with van der Waals surface area (Å²) in [7, 11) is 0. The lowest BCUT2D eigenvalue weighted by atomic mass is 10.0. The second-order valence-electron chi connectivity index (χ2n) is 2.43. The minimum absolute atomic E-state index is 0.0482. The second-order valence-corrected chi connectivity index (χ2v) is 4.36. The first-order valence-electron chi connectivity index (χ1n) is 3.06. The molecule has 0 aromatic carbocycles. The molecule has 0 fully saturated rings. The van der Waals surface area contributed by atoms with Gasteiger partial charge in [-0.3, -0.25) is 0 Å². The van der Waals surface area contributed by atoms with E-state index in [0.717, 1.165) is 0 Å². The van der Waals surface area contributed by atoms with E-state index in [4.69, 9.17) is 46.4 Å². The van der Waals surface area contributed by atoms with Crippen molar-refractivity contribution in [3.63, 3.8) is 0 Å². The molecule has 2 unspecified atom stereocenters.